The van der Waals surface area contributed by atoms with Crippen LogP contribution in [0.4, 0.5) is 10.6 Å². The zero-order valence-electron chi connectivity index (χ0n) is 12.8. The van der Waals surface area contributed by atoms with E-state index in [1.54, 1.807) is 23.5 Å². The second-order valence-corrected chi connectivity index (χ2v) is 5.57. The minimum atomic E-state index is -0.122. The molecule has 2 N–H and O–H groups in total. The Kier molecular flexibility index (Phi) is 4.06. The average molecular weight is 300 g/mol. The molecule has 0 radical (unpaired) electrons. The van der Waals surface area contributed by atoms with Crippen molar-refractivity contribution in [1.29, 1.82) is 0 Å². The van der Waals surface area contributed by atoms with Crippen LogP contribution in [0.3, 0.4) is 0 Å². The number of H-pyrrole nitrogens is 1. The first-order valence-electron chi connectivity index (χ1n) is 7.31. The molecular weight excluding hydrogens is 280 g/mol. The van der Waals surface area contributed by atoms with Crippen molar-refractivity contribution in [3.8, 4) is 0 Å². The zero-order valence-corrected chi connectivity index (χ0v) is 12.8. The molecule has 2 aromatic rings. The maximum Gasteiger partial charge on any atom is 0.323 e. The standard InChI is InChI=1S/C15H20N6O/c1-11-3-4-16-13(9-11)19-15(22)21-8-7-20(2)12(10-21)14-17-5-6-18-14/h3-6,9,12H,7-8,10H2,1-2H3,(H,17,18)(H,16,19,22). The number of amides is 2. The molecule has 7 nitrogen and oxygen atoms in total. The van der Waals surface area contributed by atoms with Gasteiger partial charge in [0.15, 0.2) is 0 Å². The van der Waals surface area contributed by atoms with E-state index in [1.807, 2.05) is 26.1 Å². The van der Waals surface area contributed by atoms with Gasteiger partial charge in [-0.2, -0.15) is 0 Å². The first kappa shape index (κ1) is 14.5. The highest BCUT2D eigenvalue weighted by Crippen LogP contribution is 2.21. The van der Waals surface area contributed by atoms with Crippen molar-refractivity contribution < 1.29 is 4.79 Å². The molecule has 3 heterocycles. The highest BCUT2D eigenvalue weighted by molar-refractivity contribution is 5.88. The van der Waals surface area contributed by atoms with Gasteiger partial charge in [0.2, 0.25) is 0 Å². The van der Waals surface area contributed by atoms with Gasteiger partial charge in [-0.3, -0.25) is 10.2 Å². The van der Waals surface area contributed by atoms with E-state index in [4.69, 9.17) is 0 Å². The average Bonchev–Trinajstić information content (AvgIpc) is 3.01. The molecule has 1 saturated heterocycles. The number of imidazole rings is 1. The number of aromatic amines is 1. The molecule has 1 fully saturated rings. The quantitative estimate of drug-likeness (QED) is 0.884. The summed E-state index contributed by atoms with van der Waals surface area (Å²) in [4.78, 5) is 28.0. The zero-order chi connectivity index (χ0) is 15.5. The minimum absolute atomic E-state index is 0.0833. The van der Waals surface area contributed by atoms with E-state index in [0.717, 1.165) is 17.9 Å². The van der Waals surface area contributed by atoms with Crippen LogP contribution in [0.5, 0.6) is 0 Å². The van der Waals surface area contributed by atoms with Gasteiger partial charge in [-0.05, 0) is 31.7 Å². The maximum absolute atomic E-state index is 12.4. The van der Waals surface area contributed by atoms with Gasteiger partial charge in [0.25, 0.3) is 0 Å². The number of aromatic nitrogens is 3. The minimum Gasteiger partial charge on any atom is -0.347 e. The van der Waals surface area contributed by atoms with Crippen molar-refractivity contribution in [2.45, 2.75) is 13.0 Å². The van der Waals surface area contributed by atoms with Crippen molar-refractivity contribution in [1.82, 2.24) is 24.8 Å². The number of rotatable bonds is 2. The van der Waals surface area contributed by atoms with E-state index in [1.165, 1.54) is 0 Å². The molecule has 1 unspecified atom stereocenters. The fraction of sp³-hybridized carbons (Fsp3) is 0.400. The molecule has 7 heteroatoms. The maximum atomic E-state index is 12.4. The van der Waals surface area contributed by atoms with Crippen molar-refractivity contribution in [2.24, 2.45) is 0 Å². The first-order valence-corrected chi connectivity index (χ1v) is 7.31. The molecule has 3 rings (SSSR count). The predicted octanol–water partition coefficient (Wildman–Crippen LogP) is 1.63. The fourth-order valence-corrected chi connectivity index (χ4v) is 2.61. The SMILES string of the molecule is Cc1ccnc(NC(=O)N2CCN(C)C(c3ncc[nH]3)C2)c1. The Morgan fingerprint density at radius 3 is 2.95 bits per heavy atom. The van der Waals surface area contributed by atoms with E-state index in [0.29, 0.717) is 18.9 Å². The van der Waals surface area contributed by atoms with E-state index in [-0.39, 0.29) is 12.1 Å². The topological polar surface area (TPSA) is 77.2 Å². The molecule has 116 valence electrons. The Hall–Kier alpha value is -2.41. The lowest BCUT2D eigenvalue weighted by atomic mass is 10.1. The normalized spacial score (nSPS) is 19.2. The molecule has 22 heavy (non-hydrogen) atoms. The number of pyridine rings is 1. The Morgan fingerprint density at radius 2 is 2.23 bits per heavy atom. The summed E-state index contributed by atoms with van der Waals surface area (Å²) in [6, 6.07) is 3.72. The molecule has 1 aliphatic heterocycles. The van der Waals surface area contributed by atoms with Crippen LogP contribution in [0.2, 0.25) is 0 Å². The van der Waals surface area contributed by atoms with Crippen molar-refractivity contribution in [3.63, 3.8) is 0 Å². The van der Waals surface area contributed by atoms with E-state index >= 15 is 0 Å². The number of urea groups is 1. The number of hydrogen-bond acceptors (Lipinski definition) is 4. The Morgan fingerprint density at radius 1 is 1.36 bits per heavy atom. The van der Waals surface area contributed by atoms with Gasteiger partial charge in [-0.15, -0.1) is 0 Å². The lowest BCUT2D eigenvalue weighted by molar-refractivity contribution is 0.112. The number of carbonyl (C=O) groups is 1. The smallest absolute Gasteiger partial charge is 0.323 e. The third-order valence-electron chi connectivity index (χ3n) is 3.92. The largest absolute Gasteiger partial charge is 0.347 e. The van der Waals surface area contributed by atoms with Crippen molar-refractivity contribution >= 4 is 11.8 Å². The van der Waals surface area contributed by atoms with Gasteiger partial charge >= 0.3 is 6.03 Å². The summed E-state index contributed by atoms with van der Waals surface area (Å²) in [6.07, 6.45) is 5.23. The van der Waals surface area contributed by atoms with Crippen LogP contribution in [-0.2, 0) is 0 Å². The first-order chi connectivity index (χ1) is 10.6. The second kappa shape index (κ2) is 6.15. The Balaban J connectivity index is 1.68. The number of aryl methyl sites for hydroxylation is 1. The molecule has 1 aliphatic rings. The number of hydrogen-bond donors (Lipinski definition) is 2. The third-order valence-corrected chi connectivity index (χ3v) is 3.92. The number of nitrogens with zero attached hydrogens (tertiary/aromatic N) is 4. The Bertz CT molecular complexity index is 641. The van der Waals surface area contributed by atoms with Crippen LogP contribution in [0, 0.1) is 6.92 Å². The molecule has 0 aliphatic carbocycles. The van der Waals surface area contributed by atoms with Crippen LogP contribution < -0.4 is 5.32 Å². The molecule has 0 aromatic carbocycles. The Labute approximate surface area is 129 Å². The van der Waals surface area contributed by atoms with Crippen LogP contribution in [-0.4, -0.2) is 57.5 Å². The summed E-state index contributed by atoms with van der Waals surface area (Å²) >= 11 is 0. The number of nitrogens with one attached hydrogen (secondary N) is 2. The molecule has 0 spiro atoms. The monoisotopic (exact) mass is 300 g/mol. The van der Waals surface area contributed by atoms with E-state index < -0.39 is 0 Å². The molecule has 2 aromatic heterocycles. The number of anilines is 1. The summed E-state index contributed by atoms with van der Waals surface area (Å²) in [5, 5.41) is 2.86. The number of carbonyl (C=O) groups excluding carboxylic acids is 1. The summed E-state index contributed by atoms with van der Waals surface area (Å²) in [5.74, 6) is 1.46. The molecular formula is C15H20N6O. The van der Waals surface area contributed by atoms with E-state index in [9.17, 15) is 4.79 Å². The summed E-state index contributed by atoms with van der Waals surface area (Å²) < 4.78 is 0. The fourth-order valence-electron chi connectivity index (χ4n) is 2.61. The van der Waals surface area contributed by atoms with Gasteiger partial charge in [0, 0.05) is 38.2 Å². The molecule has 0 saturated carbocycles. The number of likely N-dealkylation sites (N-methyl/N-ethyl adjacent to an activating group) is 1. The van der Waals surface area contributed by atoms with Gasteiger partial charge in [-0.1, -0.05) is 0 Å². The molecule has 1 atom stereocenters. The summed E-state index contributed by atoms with van der Waals surface area (Å²) in [7, 11) is 2.05. The molecule has 0 bridgehead atoms. The van der Waals surface area contributed by atoms with Crippen molar-refractivity contribution in [2.75, 3.05) is 32.0 Å². The van der Waals surface area contributed by atoms with Crippen LogP contribution in [0.1, 0.15) is 17.4 Å². The van der Waals surface area contributed by atoms with Gasteiger partial charge in [0.1, 0.15) is 11.6 Å². The van der Waals surface area contributed by atoms with Gasteiger partial charge in [0.05, 0.1) is 6.04 Å². The van der Waals surface area contributed by atoms with Gasteiger partial charge < -0.3 is 9.88 Å². The van der Waals surface area contributed by atoms with Crippen LogP contribution in [0.25, 0.3) is 0 Å². The lowest BCUT2D eigenvalue weighted by Gasteiger charge is -2.38. The van der Waals surface area contributed by atoms with Crippen LogP contribution >= 0.6 is 0 Å². The van der Waals surface area contributed by atoms with Crippen molar-refractivity contribution in [3.05, 3.63) is 42.1 Å². The highest BCUT2D eigenvalue weighted by Gasteiger charge is 2.30. The lowest BCUT2D eigenvalue weighted by Crippen LogP contribution is -2.50. The summed E-state index contributed by atoms with van der Waals surface area (Å²) in [5.41, 5.74) is 1.07. The van der Waals surface area contributed by atoms with Gasteiger partial charge in [-0.25, -0.2) is 14.8 Å². The molecule has 2 amide bonds. The third kappa shape index (κ3) is 3.09. The summed E-state index contributed by atoms with van der Waals surface area (Å²) in [6.45, 7) is 4.06. The highest BCUT2D eigenvalue weighted by atomic mass is 16.2. The van der Waals surface area contributed by atoms with E-state index in [2.05, 4.69) is 25.2 Å². The predicted molar refractivity (Wildman–Crippen MR) is 83.5 cm³/mol. The van der Waals surface area contributed by atoms with Crippen LogP contribution in [0.15, 0.2) is 30.7 Å². The number of piperazine rings is 1. The second-order valence-electron chi connectivity index (χ2n) is 5.57.